The Morgan fingerprint density at radius 1 is 0.833 bits per heavy atom. The van der Waals surface area contributed by atoms with Gasteiger partial charge in [-0.3, -0.25) is 0 Å². The van der Waals surface area contributed by atoms with E-state index in [2.05, 4.69) is 5.32 Å². The average molecular weight is 245 g/mol. The maximum Gasteiger partial charge on any atom is 0.0129 e. The van der Waals surface area contributed by atoms with Gasteiger partial charge in [0.1, 0.15) is 0 Å². The van der Waals surface area contributed by atoms with E-state index in [0.717, 1.165) is 34.6 Å². The molecule has 5 saturated carbocycles. The molecule has 18 heavy (non-hydrogen) atoms. The van der Waals surface area contributed by atoms with Crippen molar-refractivity contribution in [2.75, 3.05) is 6.54 Å². The number of nitrogens with one attached hydrogen (secondary N) is 1. The van der Waals surface area contributed by atoms with E-state index in [1.54, 1.807) is 44.9 Å². The fourth-order valence-electron chi connectivity index (χ4n) is 6.91. The van der Waals surface area contributed by atoms with Gasteiger partial charge in [-0.1, -0.05) is 0 Å². The minimum atomic E-state index is 0.795. The topological polar surface area (TPSA) is 12.0 Å². The van der Waals surface area contributed by atoms with Crippen LogP contribution < -0.4 is 5.32 Å². The van der Waals surface area contributed by atoms with Crippen LogP contribution in [-0.4, -0.2) is 12.6 Å². The quantitative estimate of drug-likeness (QED) is 0.781. The summed E-state index contributed by atoms with van der Waals surface area (Å²) in [7, 11) is 0. The van der Waals surface area contributed by atoms with Crippen molar-refractivity contribution >= 4 is 0 Å². The highest BCUT2D eigenvalue weighted by molar-refractivity contribution is 5.11. The van der Waals surface area contributed by atoms with Gasteiger partial charge in [0, 0.05) is 6.04 Å². The number of hydrogen-bond donors (Lipinski definition) is 1. The van der Waals surface area contributed by atoms with Crippen molar-refractivity contribution in [1.29, 1.82) is 0 Å². The van der Waals surface area contributed by atoms with Crippen LogP contribution in [0.4, 0.5) is 0 Å². The molecule has 1 unspecified atom stereocenters. The van der Waals surface area contributed by atoms with Crippen LogP contribution in [0.25, 0.3) is 0 Å². The van der Waals surface area contributed by atoms with Crippen molar-refractivity contribution in [3.8, 4) is 0 Å². The predicted molar refractivity (Wildman–Crippen MR) is 73.3 cm³/mol. The van der Waals surface area contributed by atoms with E-state index >= 15 is 0 Å². The van der Waals surface area contributed by atoms with Gasteiger partial charge in [-0.05, 0) is 99.3 Å². The lowest BCUT2D eigenvalue weighted by molar-refractivity contribution is -0.0638. The molecule has 5 aliphatic carbocycles. The molecule has 6 aliphatic rings. The normalized spacial score (nSPS) is 55.3. The molecule has 1 N–H and O–H groups in total. The van der Waals surface area contributed by atoms with Crippen molar-refractivity contribution in [1.82, 2.24) is 5.32 Å². The van der Waals surface area contributed by atoms with E-state index in [-0.39, 0.29) is 0 Å². The van der Waals surface area contributed by atoms with Gasteiger partial charge in [-0.25, -0.2) is 0 Å². The van der Waals surface area contributed by atoms with Gasteiger partial charge in [0.15, 0.2) is 0 Å². The van der Waals surface area contributed by atoms with Gasteiger partial charge in [0.05, 0.1) is 0 Å². The largest absolute Gasteiger partial charge is 0.313 e. The summed E-state index contributed by atoms with van der Waals surface area (Å²) in [6.45, 7) is 1.32. The molecule has 1 heterocycles. The second-order valence-corrected chi connectivity index (χ2v) is 8.74. The predicted octanol–water partition coefficient (Wildman–Crippen LogP) is 3.74. The van der Waals surface area contributed by atoms with Crippen LogP contribution in [0.15, 0.2) is 0 Å². The summed E-state index contributed by atoms with van der Waals surface area (Å²) in [5.74, 6) is 3.40. The monoisotopic (exact) mass is 245 g/mol. The summed E-state index contributed by atoms with van der Waals surface area (Å²) in [6.07, 6.45) is 15.7. The second-order valence-electron chi connectivity index (χ2n) is 8.74. The van der Waals surface area contributed by atoms with Crippen LogP contribution >= 0.6 is 0 Å². The van der Waals surface area contributed by atoms with Crippen molar-refractivity contribution < 1.29 is 0 Å². The van der Waals surface area contributed by atoms with Crippen molar-refractivity contribution in [2.45, 2.75) is 70.3 Å². The van der Waals surface area contributed by atoms with E-state index in [1.807, 2.05) is 0 Å². The Kier molecular flexibility index (Phi) is 1.99. The summed E-state index contributed by atoms with van der Waals surface area (Å²) in [6, 6.07) is 0.911. The van der Waals surface area contributed by atoms with Crippen molar-refractivity contribution in [2.24, 2.45) is 28.6 Å². The van der Waals surface area contributed by atoms with E-state index < -0.39 is 0 Å². The Bertz CT molecular complexity index is 333. The Morgan fingerprint density at radius 2 is 1.44 bits per heavy atom. The molecule has 0 aromatic carbocycles. The third kappa shape index (κ3) is 1.43. The Balaban J connectivity index is 1.39. The highest BCUT2D eigenvalue weighted by Gasteiger charge is 2.57. The van der Waals surface area contributed by atoms with Crippen LogP contribution in [0.2, 0.25) is 0 Å². The molecule has 1 atom stereocenters. The van der Waals surface area contributed by atoms with Gasteiger partial charge in [0.2, 0.25) is 0 Å². The summed E-state index contributed by atoms with van der Waals surface area (Å²) < 4.78 is 0. The third-order valence-electron chi connectivity index (χ3n) is 7.45. The molecule has 0 aromatic heterocycles. The minimum absolute atomic E-state index is 0.795. The van der Waals surface area contributed by atoms with Gasteiger partial charge in [0.25, 0.3) is 0 Å². The molecule has 1 heteroatoms. The van der Waals surface area contributed by atoms with E-state index in [4.69, 9.17) is 0 Å². The maximum atomic E-state index is 3.88. The maximum absolute atomic E-state index is 3.88. The molecule has 0 aromatic rings. The van der Waals surface area contributed by atoms with E-state index in [0.29, 0.717) is 0 Å². The standard InChI is InChI=1S/C17H27N/c1-2-17(1)3-4-18-15(17)11-16-8-12-5-13(9-16)7-14(6-12)10-16/h12-15,18H,1-11H2. The van der Waals surface area contributed by atoms with Crippen molar-refractivity contribution in [3.63, 3.8) is 0 Å². The zero-order chi connectivity index (χ0) is 11.8. The molecular weight excluding hydrogens is 218 g/mol. The fraction of sp³-hybridized carbons (Fsp3) is 1.00. The van der Waals surface area contributed by atoms with Crippen molar-refractivity contribution in [3.05, 3.63) is 0 Å². The molecule has 1 aliphatic heterocycles. The Morgan fingerprint density at radius 3 is 2.00 bits per heavy atom. The third-order valence-corrected chi connectivity index (χ3v) is 7.45. The fourth-order valence-corrected chi connectivity index (χ4v) is 6.91. The summed E-state index contributed by atoms with van der Waals surface area (Å²) in [5, 5.41) is 3.88. The average Bonchev–Trinajstić information content (AvgIpc) is 2.96. The van der Waals surface area contributed by atoms with Gasteiger partial charge in [-0.15, -0.1) is 0 Å². The Hall–Kier alpha value is -0.0400. The number of hydrogen-bond acceptors (Lipinski definition) is 1. The molecule has 1 saturated heterocycles. The molecule has 4 bridgehead atoms. The SMILES string of the molecule is C1CC2(CC2)C(CC23CC4CC(CC(C4)C2)C3)N1. The lowest BCUT2D eigenvalue weighted by atomic mass is 9.48. The second kappa shape index (κ2) is 3.34. The molecule has 6 fully saturated rings. The molecule has 1 nitrogen and oxygen atoms in total. The van der Waals surface area contributed by atoms with Gasteiger partial charge < -0.3 is 5.32 Å². The van der Waals surface area contributed by atoms with Gasteiger partial charge in [-0.2, -0.15) is 0 Å². The molecule has 0 radical (unpaired) electrons. The van der Waals surface area contributed by atoms with E-state index in [9.17, 15) is 0 Å². The lowest BCUT2D eigenvalue weighted by Crippen LogP contribution is -2.49. The summed E-state index contributed by atoms with van der Waals surface area (Å²) >= 11 is 0. The van der Waals surface area contributed by atoms with E-state index in [1.165, 1.54) is 25.8 Å². The Labute approximate surface area is 111 Å². The minimum Gasteiger partial charge on any atom is -0.313 e. The van der Waals surface area contributed by atoms with Crippen LogP contribution in [0, 0.1) is 28.6 Å². The molecule has 0 amide bonds. The van der Waals surface area contributed by atoms with Crippen LogP contribution in [-0.2, 0) is 0 Å². The molecular formula is C17H27N. The van der Waals surface area contributed by atoms with Crippen LogP contribution in [0.5, 0.6) is 0 Å². The van der Waals surface area contributed by atoms with Crippen LogP contribution in [0.1, 0.15) is 64.2 Å². The van der Waals surface area contributed by atoms with Crippen LogP contribution in [0.3, 0.4) is 0 Å². The first-order valence-corrected chi connectivity index (χ1v) is 8.49. The highest BCUT2D eigenvalue weighted by atomic mass is 15.0. The zero-order valence-corrected chi connectivity index (χ0v) is 11.6. The number of rotatable bonds is 2. The first-order chi connectivity index (χ1) is 8.75. The zero-order valence-electron chi connectivity index (χ0n) is 11.6. The first kappa shape index (κ1) is 10.7. The summed E-state index contributed by atoms with van der Waals surface area (Å²) in [5.41, 5.74) is 1.59. The highest BCUT2D eigenvalue weighted by Crippen LogP contribution is 2.64. The molecule has 6 rings (SSSR count). The van der Waals surface area contributed by atoms with Gasteiger partial charge >= 0.3 is 0 Å². The lowest BCUT2D eigenvalue weighted by Gasteiger charge is -2.58. The first-order valence-electron chi connectivity index (χ1n) is 8.49. The molecule has 1 spiro atoms. The summed E-state index contributed by atoms with van der Waals surface area (Å²) in [4.78, 5) is 0. The smallest absolute Gasteiger partial charge is 0.0129 e. The molecule has 100 valence electrons.